The Morgan fingerprint density at radius 2 is 2.05 bits per heavy atom. The lowest BCUT2D eigenvalue weighted by atomic mass is 9.76. The number of likely N-dealkylation sites (tertiary alicyclic amines) is 1. The lowest BCUT2D eigenvalue weighted by molar-refractivity contribution is -0.150. The molecular weight excluding hydrogens is 256 g/mol. The Balaban J connectivity index is 2.82. The normalized spacial score (nSPS) is 22.1. The van der Waals surface area contributed by atoms with Crippen molar-refractivity contribution in [1.29, 1.82) is 0 Å². The van der Waals surface area contributed by atoms with Crippen molar-refractivity contribution in [2.45, 2.75) is 34.1 Å². The Morgan fingerprint density at radius 1 is 1.45 bits per heavy atom. The fraction of sp³-hybridized carbons (Fsp3) is 0.733. The van der Waals surface area contributed by atoms with Gasteiger partial charge >= 0.3 is 12.0 Å². The molecule has 1 fully saturated rings. The van der Waals surface area contributed by atoms with Crippen LogP contribution >= 0.6 is 0 Å². The second-order valence-corrected chi connectivity index (χ2v) is 6.04. The van der Waals surface area contributed by atoms with Crippen molar-refractivity contribution in [3.8, 4) is 0 Å². The molecule has 0 aromatic heterocycles. The molecule has 1 aliphatic heterocycles. The van der Waals surface area contributed by atoms with Gasteiger partial charge in [-0.2, -0.15) is 0 Å². The molecule has 5 nitrogen and oxygen atoms in total. The number of carboxylic acids is 1. The summed E-state index contributed by atoms with van der Waals surface area (Å²) in [4.78, 5) is 27.4. The summed E-state index contributed by atoms with van der Waals surface area (Å²) >= 11 is 0. The van der Waals surface area contributed by atoms with E-state index in [4.69, 9.17) is 0 Å². The van der Waals surface area contributed by atoms with Gasteiger partial charge in [0.1, 0.15) is 0 Å². The molecule has 1 saturated heterocycles. The first kappa shape index (κ1) is 16.5. The number of carbonyl (C=O) groups excluding carboxylic acids is 1. The highest BCUT2D eigenvalue weighted by Gasteiger charge is 2.48. The molecule has 1 aliphatic rings. The van der Waals surface area contributed by atoms with E-state index in [-0.39, 0.29) is 11.9 Å². The molecule has 2 amide bonds. The smallest absolute Gasteiger partial charge is 0.320 e. The molecule has 1 atom stereocenters. The van der Waals surface area contributed by atoms with Gasteiger partial charge in [0.15, 0.2) is 0 Å². The van der Waals surface area contributed by atoms with Gasteiger partial charge in [0.2, 0.25) is 0 Å². The third kappa shape index (κ3) is 3.14. The number of hydrogen-bond acceptors (Lipinski definition) is 2. The highest BCUT2D eigenvalue weighted by molar-refractivity contribution is 5.80. The molecule has 0 aromatic rings. The summed E-state index contributed by atoms with van der Waals surface area (Å²) in [6.45, 7) is 13.4. The van der Waals surface area contributed by atoms with Crippen LogP contribution in [0, 0.1) is 11.3 Å². The largest absolute Gasteiger partial charge is 0.481 e. The number of carboxylic acid groups (broad SMARTS) is 1. The van der Waals surface area contributed by atoms with Crippen LogP contribution in [0.4, 0.5) is 4.79 Å². The molecule has 5 heteroatoms. The molecule has 0 spiro atoms. The van der Waals surface area contributed by atoms with Crippen LogP contribution in [0.3, 0.4) is 0 Å². The number of urea groups is 1. The Morgan fingerprint density at radius 3 is 2.40 bits per heavy atom. The Hall–Kier alpha value is -1.52. The zero-order chi connectivity index (χ0) is 15.5. The molecule has 0 radical (unpaired) electrons. The van der Waals surface area contributed by atoms with Crippen LogP contribution in [-0.4, -0.2) is 53.1 Å². The molecule has 114 valence electrons. The second kappa shape index (κ2) is 6.29. The molecule has 1 rings (SSSR count). The van der Waals surface area contributed by atoms with E-state index >= 15 is 0 Å². The van der Waals surface area contributed by atoms with Gasteiger partial charge in [-0.25, -0.2) is 4.79 Å². The highest BCUT2D eigenvalue weighted by Crippen LogP contribution is 2.38. The third-order valence-corrected chi connectivity index (χ3v) is 4.22. The minimum absolute atomic E-state index is 0.00835. The SMILES string of the molecule is C=C(C)CN(CC)C(=O)N1CCC(C(=O)O)(C(C)C)C1. The molecule has 1 N–H and O–H groups in total. The van der Waals surface area contributed by atoms with E-state index in [9.17, 15) is 14.7 Å². The first-order valence-corrected chi connectivity index (χ1v) is 7.16. The number of carbonyl (C=O) groups is 2. The van der Waals surface area contributed by atoms with Gasteiger partial charge in [-0.1, -0.05) is 26.0 Å². The van der Waals surface area contributed by atoms with Crippen LogP contribution < -0.4 is 0 Å². The van der Waals surface area contributed by atoms with Crippen LogP contribution in [0.15, 0.2) is 12.2 Å². The topological polar surface area (TPSA) is 60.9 Å². The maximum Gasteiger partial charge on any atom is 0.320 e. The number of hydrogen-bond donors (Lipinski definition) is 1. The summed E-state index contributed by atoms with van der Waals surface area (Å²) in [5.74, 6) is -0.792. The van der Waals surface area contributed by atoms with Crippen LogP contribution in [0.2, 0.25) is 0 Å². The monoisotopic (exact) mass is 282 g/mol. The number of rotatable bonds is 5. The van der Waals surface area contributed by atoms with E-state index in [1.807, 2.05) is 27.7 Å². The average molecular weight is 282 g/mol. The van der Waals surface area contributed by atoms with E-state index in [0.717, 1.165) is 5.57 Å². The maximum atomic E-state index is 12.5. The van der Waals surface area contributed by atoms with E-state index in [1.54, 1.807) is 9.80 Å². The van der Waals surface area contributed by atoms with Gasteiger partial charge < -0.3 is 14.9 Å². The summed E-state index contributed by atoms with van der Waals surface area (Å²) in [6.07, 6.45) is 0.524. The van der Waals surface area contributed by atoms with Crippen molar-refractivity contribution in [3.63, 3.8) is 0 Å². The van der Waals surface area contributed by atoms with E-state index in [0.29, 0.717) is 32.6 Å². The molecule has 0 bridgehead atoms. The zero-order valence-corrected chi connectivity index (χ0v) is 13.0. The lowest BCUT2D eigenvalue weighted by Crippen LogP contribution is -2.45. The average Bonchev–Trinajstić information content (AvgIpc) is 2.81. The Bertz CT molecular complexity index is 406. The fourth-order valence-electron chi connectivity index (χ4n) is 2.73. The van der Waals surface area contributed by atoms with Crippen molar-refractivity contribution >= 4 is 12.0 Å². The van der Waals surface area contributed by atoms with E-state index in [1.165, 1.54) is 0 Å². The third-order valence-electron chi connectivity index (χ3n) is 4.22. The maximum absolute atomic E-state index is 12.5. The van der Waals surface area contributed by atoms with Gasteiger partial charge in [-0.05, 0) is 26.2 Å². The molecule has 20 heavy (non-hydrogen) atoms. The minimum atomic E-state index is -0.807. The van der Waals surface area contributed by atoms with Crippen LogP contribution in [0.1, 0.15) is 34.1 Å². The molecule has 1 heterocycles. The van der Waals surface area contributed by atoms with Crippen molar-refractivity contribution < 1.29 is 14.7 Å². The van der Waals surface area contributed by atoms with Gasteiger partial charge in [-0.3, -0.25) is 4.79 Å². The molecule has 0 aromatic carbocycles. The first-order valence-electron chi connectivity index (χ1n) is 7.16. The van der Waals surface area contributed by atoms with E-state index < -0.39 is 11.4 Å². The lowest BCUT2D eigenvalue weighted by Gasteiger charge is -2.31. The van der Waals surface area contributed by atoms with Crippen LogP contribution in [0.25, 0.3) is 0 Å². The Labute approximate surface area is 121 Å². The van der Waals surface area contributed by atoms with Crippen molar-refractivity contribution in [1.82, 2.24) is 9.80 Å². The minimum Gasteiger partial charge on any atom is -0.481 e. The highest BCUT2D eigenvalue weighted by atomic mass is 16.4. The van der Waals surface area contributed by atoms with Gasteiger partial charge in [0.05, 0.1) is 5.41 Å². The number of likely N-dealkylation sites (N-methyl/N-ethyl adjacent to an activating group) is 1. The molecule has 0 saturated carbocycles. The van der Waals surface area contributed by atoms with Crippen LogP contribution in [0.5, 0.6) is 0 Å². The quantitative estimate of drug-likeness (QED) is 0.788. The van der Waals surface area contributed by atoms with Gasteiger partial charge in [-0.15, -0.1) is 0 Å². The zero-order valence-electron chi connectivity index (χ0n) is 13.0. The van der Waals surface area contributed by atoms with Gasteiger partial charge in [0, 0.05) is 26.2 Å². The molecule has 1 unspecified atom stereocenters. The second-order valence-electron chi connectivity index (χ2n) is 6.04. The number of nitrogens with zero attached hydrogens (tertiary/aromatic N) is 2. The number of amides is 2. The summed E-state index contributed by atoms with van der Waals surface area (Å²) in [6, 6.07) is -0.0840. The molecule has 0 aliphatic carbocycles. The summed E-state index contributed by atoms with van der Waals surface area (Å²) in [7, 11) is 0. The standard InChI is InChI=1S/C15H26N2O3/c1-6-16(9-11(2)3)14(20)17-8-7-15(10-17,12(4)5)13(18)19/h12H,2,6-10H2,1,3-5H3,(H,18,19). The summed E-state index contributed by atoms with van der Waals surface area (Å²) in [5.41, 5.74) is 0.117. The van der Waals surface area contributed by atoms with Gasteiger partial charge in [0.25, 0.3) is 0 Å². The fourth-order valence-corrected chi connectivity index (χ4v) is 2.73. The Kier molecular flexibility index (Phi) is 5.20. The van der Waals surface area contributed by atoms with Crippen molar-refractivity contribution in [2.24, 2.45) is 11.3 Å². The van der Waals surface area contributed by atoms with Crippen molar-refractivity contribution in [3.05, 3.63) is 12.2 Å². The summed E-state index contributed by atoms with van der Waals surface area (Å²) in [5, 5.41) is 9.51. The predicted octanol–water partition coefficient (Wildman–Crippen LogP) is 2.44. The summed E-state index contributed by atoms with van der Waals surface area (Å²) < 4.78 is 0. The predicted molar refractivity (Wildman–Crippen MR) is 78.6 cm³/mol. The number of aliphatic carboxylic acids is 1. The van der Waals surface area contributed by atoms with Crippen LogP contribution in [-0.2, 0) is 4.79 Å². The van der Waals surface area contributed by atoms with E-state index in [2.05, 4.69) is 6.58 Å². The van der Waals surface area contributed by atoms with Crippen molar-refractivity contribution in [2.75, 3.05) is 26.2 Å². The molecular formula is C15H26N2O3. The first-order chi connectivity index (χ1) is 9.24.